The van der Waals surface area contributed by atoms with E-state index in [1.54, 1.807) is 6.08 Å². The summed E-state index contributed by atoms with van der Waals surface area (Å²) in [6, 6.07) is 11.3. The van der Waals surface area contributed by atoms with Gasteiger partial charge in [-0.05, 0) is 36.8 Å². The lowest BCUT2D eigenvalue weighted by Gasteiger charge is -2.08. The van der Waals surface area contributed by atoms with Crippen LogP contribution in [0, 0.1) is 10.1 Å². The minimum atomic E-state index is -0.537. The third kappa shape index (κ3) is 5.07. The average Bonchev–Trinajstić information content (AvgIpc) is 2.61. The zero-order chi connectivity index (χ0) is 18.2. The Morgan fingerprint density at radius 2 is 1.96 bits per heavy atom. The predicted octanol–water partition coefficient (Wildman–Crippen LogP) is 3.65. The van der Waals surface area contributed by atoms with Crippen LogP contribution in [0.15, 0.2) is 48.5 Å². The number of nitrogens with one attached hydrogen (secondary N) is 1. The summed E-state index contributed by atoms with van der Waals surface area (Å²) in [6.45, 7) is 2.49. The second-order valence-corrected chi connectivity index (χ2v) is 4.97. The van der Waals surface area contributed by atoms with E-state index in [4.69, 9.17) is 9.47 Å². The monoisotopic (exact) mass is 342 g/mol. The molecule has 0 bridgehead atoms. The molecule has 0 unspecified atom stereocenters. The number of ether oxygens (including phenoxy) is 2. The fourth-order valence-corrected chi connectivity index (χ4v) is 2.10. The molecule has 0 saturated carbocycles. The zero-order valence-corrected chi connectivity index (χ0v) is 13.9. The Kier molecular flexibility index (Phi) is 6.11. The van der Waals surface area contributed by atoms with Gasteiger partial charge in [0.25, 0.3) is 5.69 Å². The Hall–Kier alpha value is -3.35. The second kappa shape index (κ2) is 8.49. The van der Waals surface area contributed by atoms with Gasteiger partial charge in [0.2, 0.25) is 5.91 Å². The maximum atomic E-state index is 12.1. The molecule has 0 aliphatic carbocycles. The topological polar surface area (TPSA) is 90.7 Å². The van der Waals surface area contributed by atoms with E-state index in [2.05, 4.69) is 5.32 Å². The molecule has 2 aromatic rings. The van der Waals surface area contributed by atoms with Crippen LogP contribution < -0.4 is 14.8 Å². The van der Waals surface area contributed by atoms with Crippen LogP contribution in [0.1, 0.15) is 12.5 Å². The van der Waals surface area contributed by atoms with Crippen molar-refractivity contribution in [2.75, 3.05) is 19.0 Å². The predicted molar refractivity (Wildman–Crippen MR) is 94.9 cm³/mol. The number of rotatable bonds is 7. The third-order valence-electron chi connectivity index (χ3n) is 3.27. The fourth-order valence-electron chi connectivity index (χ4n) is 2.10. The lowest BCUT2D eigenvalue weighted by Crippen LogP contribution is -2.09. The summed E-state index contributed by atoms with van der Waals surface area (Å²) < 4.78 is 10.5. The first-order valence-corrected chi connectivity index (χ1v) is 7.58. The molecule has 2 rings (SSSR count). The molecule has 130 valence electrons. The first-order valence-electron chi connectivity index (χ1n) is 7.58. The standard InChI is InChI=1S/C18H18N2O5/c1-3-25-15-8-4-13(5-9-15)6-11-18(21)19-16-12-14(20(22)23)7-10-17(16)24-2/h4-12H,3H2,1-2H3,(H,19,21). The van der Waals surface area contributed by atoms with Crippen LogP contribution >= 0.6 is 0 Å². The number of nitrogens with zero attached hydrogens (tertiary/aromatic N) is 1. The molecule has 0 fully saturated rings. The highest BCUT2D eigenvalue weighted by Crippen LogP contribution is 2.28. The van der Waals surface area contributed by atoms with Crippen LogP contribution in [0.4, 0.5) is 11.4 Å². The van der Waals surface area contributed by atoms with Gasteiger partial charge in [-0.1, -0.05) is 12.1 Å². The number of hydrogen-bond acceptors (Lipinski definition) is 5. The van der Waals surface area contributed by atoms with Crippen LogP contribution in [0.3, 0.4) is 0 Å². The van der Waals surface area contributed by atoms with Crippen molar-refractivity contribution in [1.29, 1.82) is 0 Å². The molecular formula is C18H18N2O5. The van der Waals surface area contributed by atoms with Crippen LogP contribution in [0.25, 0.3) is 6.08 Å². The van der Waals surface area contributed by atoms with Gasteiger partial charge in [0, 0.05) is 18.2 Å². The normalized spacial score (nSPS) is 10.5. The highest BCUT2D eigenvalue weighted by molar-refractivity contribution is 6.03. The SMILES string of the molecule is CCOc1ccc(C=CC(=O)Nc2cc([N+](=O)[O-])ccc2OC)cc1. The number of carbonyl (C=O) groups excluding carboxylic acids is 1. The van der Waals surface area contributed by atoms with Gasteiger partial charge in [0.15, 0.2) is 0 Å². The number of anilines is 1. The van der Waals surface area contributed by atoms with E-state index in [9.17, 15) is 14.9 Å². The number of non-ortho nitro benzene ring substituents is 1. The third-order valence-corrected chi connectivity index (χ3v) is 3.27. The molecule has 0 saturated heterocycles. The summed E-state index contributed by atoms with van der Waals surface area (Å²) in [5.74, 6) is 0.673. The van der Waals surface area contributed by atoms with E-state index in [1.807, 2.05) is 31.2 Å². The molecule has 0 heterocycles. The molecule has 1 amide bonds. The number of nitro groups is 1. The summed E-state index contributed by atoms with van der Waals surface area (Å²) in [5.41, 5.74) is 0.925. The number of benzene rings is 2. The van der Waals surface area contributed by atoms with Crippen molar-refractivity contribution in [3.8, 4) is 11.5 Å². The van der Waals surface area contributed by atoms with Gasteiger partial charge in [-0.25, -0.2) is 0 Å². The second-order valence-electron chi connectivity index (χ2n) is 4.97. The molecule has 0 spiro atoms. The molecule has 0 atom stereocenters. The summed E-state index contributed by atoms with van der Waals surface area (Å²) >= 11 is 0. The summed E-state index contributed by atoms with van der Waals surface area (Å²) in [6.07, 6.45) is 2.98. The summed E-state index contributed by atoms with van der Waals surface area (Å²) in [5, 5.41) is 13.4. The number of nitro benzene ring substituents is 1. The van der Waals surface area contributed by atoms with Gasteiger partial charge in [-0.2, -0.15) is 0 Å². The molecule has 0 aliphatic rings. The number of amides is 1. The first kappa shape index (κ1) is 18.0. The maximum absolute atomic E-state index is 12.1. The quantitative estimate of drug-likeness (QED) is 0.471. The first-order chi connectivity index (χ1) is 12.0. The molecule has 1 N–H and O–H groups in total. The minimum absolute atomic E-state index is 0.133. The number of hydrogen-bond donors (Lipinski definition) is 1. The van der Waals surface area contributed by atoms with Gasteiger partial charge < -0.3 is 14.8 Å². The largest absolute Gasteiger partial charge is 0.495 e. The van der Waals surface area contributed by atoms with Gasteiger partial charge in [-0.15, -0.1) is 0 Å². The van der Waals surface area contributed by atoms with Gasteiger partial charge in [-0.3, -0.25) is 14.9 Å². The average molecular weight is 342 g/mol. The van der Waals surface area contributed by atoms with Crippen LogP contribution in [-0.4, -0.2) is 24.5 Å². The van der Waals surface area contributed by atoms with Gasteiger partial charge in [0.05, 0.1) is 24.3 Å². The minimum Gasteiger partial charge on any atom is -0.495 e. The molecule has 25 heavy (non-hydrogen) atoms. The van der Waals surface area contributed by atoms with Crippen molar-refractivity contribution in [3.05, 3.63) is 64.2 Å². The van der Waals surface area contributed by atoms with E-state index < -0.39 is 10.8 Å². The van der Waals surface area contributed by atoms with Gasteiger partial charge >= 0.3 is 0 Å². The van der Waals surface area contributed by atoms with E-state index in [0.717, 1.165) is 11.3 Å². The van der Waals surface area contributed by atoms with Crippen molar-refractivity contribution in [1.82, 2.24) is 0 Å². The maximum Gasteiger partial charge on any atom is 0.271 e. The highest BCUT2D eigenvalue weighted by Gasteiger charge is 2.12. The Balaban J connectivity index is 2.08. The summed E-state index contributed by atoms with van der Waals surface area (Å²) in [4.78, 5) is 22.4. The Morgan fingerprint density at radius 3 is 2.56 bits per heavy atom. The fraction of sp³-hybridized carbons (Fsp3) is 0.167. The highest BCUT2D eigenvalue weighted by atomic mass is 16.6. The Bertz CT molecular complexity index is 785. The van der Waals surface area contributed by atoms with Crippen molar-refractivity contribution in [2.45, 2.75) is 6.92 Å². The van der Waals surface area contributed by atoms with Crippen LogP contribution in [0.2, 0.25) is 0 Å². The van der Waals surface area contributed by atoms with E-state index in [0.29, 0.717) is 12.4 Å². The molecule has 2 aromatic carbocycles. The van der Waals surface area contributed by atoms with Crippen molar-refractivity contribution in [2.24, 2.45) is 0 Å². The van der Waals surface area contributed by atoms with Crippen molar-refractivity contribution < 1.29 is 19.2 Å². The van der Waals surface area contributed by atoms with Crippen LogP contribution in [-0.2, 0) is 4.79 Å². The lowest BCUT2D eigenvalue weighted by atomic mass is 10.2. The van der Waals surface area contributed by atoms with E-state index >= 15 is 0 Å². The molecule has 0 radical (unpaired) electrons. The van der Waals surface area contributed by atoms with Crippen molar-refractivity contribution in [3.63, 3.8) is 0 Å². The Morgan fingerprint density at radius 1 is 1.24 bits per heavy atom. The van der Waals surface area contributed by atoms with Crippen molar-refractivity contribution >= 4 is 23.4 Å². The summed E-state index contributed by atoms with van der Waals surface area (Å²) in [7, 11) is 1.42. The van der Waals surface area contributed by atoms with Gasteiger partial charge in [0.1, 0.15) is 11.5 Å². The van der Waals surface area contributed by atoms with Crippen LogP contribution in [0.5, 0.6) is 11.5 Å². The zero-order valence-electron chi connectivity index (χ0n) is 13.9. The number of methoxy groups -OCH3 is 1. The number of carbonyl (C=O) groups is 1. The lowest BCUT2D eigenvalue weighted by molar-refractivity contribution is -0.384. The molecular weight excluding hydrogens is 324 g/mol. The molecule has 0 aliphatic heterocycles. The van der Waals surface area contributed by atoms with E-state index in [1.165, 1.54) is 31.4 Å². The molecule has 7 heteroatoms. The molecule has 0 aromatic heterocycles. The molecule has 7 nitrogen and oxygen atoms in total. The van der Waals surface area contributed by atoms with E-state index in [-0.39, 0.29) is 11.4 Å². The Labute approximate surface area is 145 Å². The smallest absolute Gasteiger partial charge is 0.271 e.